The zero-order valence-corrected chi connectivity index (χ0v) is 11.7. The molecule has 1 aromatic rings. The number of hydrogen-bond acceptors (Lipinski definition) is 4. The largest absolute Gasteiger partial charge is 0.469 e. The topological polar surface area (TPSA) is 38.8 Å². The van der Waals surface area contributed by atoms with Gasteiger partial charge in [0.1, 0.15) is 0 Å². The van der Waals surface area contributed by atoms with Crippen LogP contribution in [-0.2, 0) is 20.8 Å². The quantitative estimate of drug-likeness (QED) is 0.794. The number of nitrogens with zero attached hydrogens (tertiary/aromatic N) is 1. The minimum absolute atomic E-state index is 0.0830. The first-order chi connectivity index (χ1) is 9.17. The highest BCUT2D eigenvalue weighted by molar-refractivity contribution is 6.30. The third-order valence-electron chi connectivity index (χ3n) is 3.14. The van der Waals surface area contributed by atoms with Crippen LogP contribution in [0.3, 0.4) is 0 Å². The van der Waals surface area contributed by atoms with Gasteiger partial charge in [-0.3, -0.25) is 9.69 Å². The molecule has 0 unspecified atom stereocenters. The lowest BCUT2D eigenvalue weighted by atomic mass is 10.1. The summed E-state index contributed by atoms with van der Waals surface area (Å²) in [6.07, 6.45) is 0.225. The molecule has 0 aliphatic carbocycles. The van der Waals surface area contributed by atoms with E-state index in [1.165, 1.54) is 12.7 Å². The van der Waals surface area contributed by atoms with Crippen molar-refractivity contribution in [3.8, 4) is 0 Å². The zero-order chi connectivity index (χ0) is 13.7. The maximum Gasteiger partial charge on any atom is 0.308 e. The number of methoxy groups -OCH3 is 1. The molecule has 0 radical (unpaired) electrons. The van der Waals surface area contributed by atoms with Gasteiger partial charge in [-0.05, 0) is 17.7 Å². The number of benzene rings is 1. The summed E-state index contributed by atoms with van der Waals surface area (Å²) in [5, 5.41) is 0.747. The van der Waals surface area contributed by atoms with Crippen molar-refractivity contribution in [2.75, 3.05) is 26.8 Å². The normalized spacial score (nSPS) is 20.2. The van der Waals surface area contributed by atoms with E-state index in [-0.39, 0.29) is 12.1 Å². The molecule has 0 bridgehead atoms. The van der Waals surface area contributed by atoms with Crippen LogP contribution < -0.4 is 0 Å². The first kappa shape index (κ1) is 14.3. The summed E-state index contributed by atoms with van der Waals surface area (Å²) >= 11 is 5.97. The van der Waals surface area contributed by atoms with Crippen molar-refractivity contribution in [1.82, 2.24) is 4.90 Å². The maximum absolute atomic E-state index is 11.3. The number of morpholine rings is 1. The van der Waals surface area contributed by atoms with Crippen LogP contribution in [0.1, 0.15) is 12.0 Å². The third-order valence-corrected chi connectivity index (χ3v) is 3.38. The Morgan fingerprint density at radius 1 is 1.58 bits per heavy atom. The lowest BCUT2D eigenvalue weighted by Crippen LogP contribution is -2.42. The standard InChI is InChI=1S/C14H18ClNO3/c1-18-14(17)8-13-10-16(5-6-19-13)9-11-3-2-4-12(15)7-11/h2-4,7,13H,5-6,8-10H2,1H3/t13-/m1/s1. The molecule has 1 aromatic carbocycles. The molecule has 2 rings (SSSR count). The van der Waals surface area contributed by atoms with Crippen molar-refractivity contribution in [2.24, 2.45) is 0 Å². The molecule has 0 aromatic heterocycles. The number of rotatable bonds is 4. The molecular formula is C14H18ClNO3. The van der Waals surface area contributed by atoms with Gasteiger partial charge in [-0.25, -0.2) is 0 Å². The van der Waals surface area contributed by atoms with Crippen molar-refractivity contribution >= 4 is 17.6 Å². The molecular weight excluding hydrogens is 266 g/mol. The van der Waals surface area contributed by atoms with Gasteiger partial charge in [0, 0.05) is 24.7 Å². The van der Waals surface area contributed by atoms with E-state index in [2.05, 4.69) is 15.7 Å². The van der Waals surface area contributed by atoms with Gasteiger partial charge in [-0.2, -0.15) is 0 Å². The van der Waals surface area contributed by atoms with E-state index in [1.807, 2.05) is 18.2 Å². The van der Waals surface area contributed by atoms with Crippen molar-refractivity contribution in [3.63, 3.8) is 0 Å². The molecule has 0 N–H and O–H groups in total. The predicted molar refractivity (Wildman–Crippen MR) is 73.1 cm³/mol. The van der Waals surface area contributed by atoms with Crippen molar-refractivity contribution in [3.05, 3.63) is 34.9 Å². The Balaban J connectivity index is 1.89. The molecule has 5 heteroatoms. The summed E-state index contributed by atoms with van der Waals surface area (Å²) in [7, 11) is 1.40. The van der Waals surface area contributed by atoms with E-state index in [1.54, 1.807) is 0 Å². The molecule has 19 heavy (non-hydrogen) atoms. The van der Waals surface area contributed by atoms with E-state index in [4.69, 9.17) is 16.3 Å². The van der Waals surface area contributed by atoms with Crippen LogP contribution in [0.4, 0.5) is 0 Å². The SMILES string of the molecule is COC(=O)C[C@@H]1CN(Cc2cccc(Cl)c2)CCO1. The van der Waals surface area contributed by atoms with Crippen LogP contribution >= 0.6 is 11.6 Å². The smallest absolute Gasteiger partial charge is 0.308 e. The summed E-state index contributed by atoms with van der Waals surface area (Å²) in [4.78, 5) is 13.5. The number of carbonyl (C=O) groups excluding carboxylic acids is 1. The van der Waals surface area contributed by atoms with E-state index in [0.717, 1.165) is 24.7 Å². The minimum atomic E-state index is -0.227. The number of carbonyl (C=O) groups is 1. The molecule has 0 spiro atoms. The van der Waals surface area contributed by atoms with Crippen molar-refractivity contribution < 1.29 is 14.3 Å². The van der Waals surface area contributed by atoms with Crippen LogP contribution in [0.5, 0.6) is 0 Å². The fourth-order valence-corrected chi connectivity index (χ4v) is 2.42. The fourth-order valence-electron chi connectivity index (χ4n) is 2.21. The summed E-state index contributed by atoms with van der Waals surface area (Å²) < 4.78 is 10.2. The lowest BCUT2D eigenvalue weighted by Gasteiger charge is -2.32. The number of esters is 1. The molecule has 1 aliphatic rings. The molecule has 0 amide bonds. The first-order valence-electron chi connectivity index (χ1n) is 6.32. The highest BCUT2D eigenvalue weighted by atomic mass is 35.5. The Morgan fingerprint density at radius 3 is 3.16 bits per heavy atom. The Morgan fingerprint density at radius 2 is 2.42 bits per heavy atom. The van der Waals surface area contributed by atoms with Gasteiger partial charge in [0.05, 0.1) is 26.2 Å². The van der Waals surface area contributed by atoms with E-state index in [9.17, 15) is 4.79 Å². The van der Waals surface area contributed by atoms with Gasteiger partial charge in [0.15, 0.2) is 0 Å². The molecule has 104 valence electrons. The second-order valence-electron chi connectivity index (χ2n) is 4.64. The van der Waals surface area contributed by atoms with Crippen LogP contribution in [0.2, 0.25) is 5.02 Å². The molecule has 1 aliphatic heterocycles. The van der Waals surface area contributed by atoms with Gasteiger partial charge in [-0.15, -0.1) is 0 Å². The molecule has 1 fully saturated rings. The third kappa shape index (κ3) is 4.49. The summed E-state index contributed by atoms with van der Waals surface area (Å²) in [5.74, 6) is -0.227. The minimum Gasteiger partial charge on any atom is -0.469 e. The Bertz CT molecular complexity index is 438. The van der Waals surface area contributed by atoms with Crippen molar-refractivity contribution in [2.45, 2.75) is 19.1 Å². The number of hydrogen-bond donors (Lipinski definition) is 0. The van der Waals surface area contributed by atoms with Crippen LogP contribution in [0.15, 0.2) is 24.3 Å². The highest BCUT2D eigenvalue weighted by Gasteiger charge is 2.23. The Hall–Kier alpha value is -1.10. The van der Waals surface area contributed by atoms with E-state index in [0.29, 0.717) is 13.0 Å². The summed E-state index contributed by atoms with van der Waals surface area (Å²) in [6, 6.07) is 7.83. The average Bonchev–Trinajstić information content (AvgIpc) is 2.39. The first-order valence-corrected chi connectivity index (χ1v) is 6.70. The average molecular weight is 284 g/mol. The van der Waals surface area contributed by atoms with Crippen molar-refractivity contribution in [1.29, 1.82) is 0 Å². The Kier molecular flexibility index (Phi) is 5.19. The van der Waals surface area contributed by atoms with Crippen LogP contribution in [0.25, 0.3) is 0 Å². The zero-order valence-electron chi connectivity index (χ0n) is 11.0. The molecule has 1 heterocycles. The van der Waals surface area contributed by atoms with Crippen LogP contribution in [-0.4, -0.2) is 43.8 Å². The summed E-state index contributed by atoms with van der Waals surface area (Å²) in [5.41, 5.74) is 1.17. The fraction of sp³-hybridized carbons (Fsp3) is 0.500. The van der Waals surface area contributed by atoms with Gasteiger partial charge in [0.2, 0.25) is 0 Å². The highest BCUT2D eigenvalue weighted by Crippen LogP contribution is 2.16. The van der Waals surface area contributed by atoms with Crippen LogP contribution in [0, 0.1) is 0 Å². The lowest BCUT2D eigenvalue weighted by molar-refractivity contribution is -0.145. The molecule has 1 saturated heterocycles. The molecule has 4 nitrogen and oxygen atoms in total. The maximum atomic E-state index is 11.3. The molecule has 1 atom stereocenters. The van der Waals surface area contributed by atoms with Gasteiger partial charge < -0.3 is 9.47 Å². The van der Waals surface area contributed by atoms with Gasteiger partial charge in [-0.1, -0.05) is 23.7 Å². The predicted octanol–water partition coefficient (Wildman–Crippen LogP) is 2.10. The Labute approximate surface area is 118 Å². The van der Waals surface area contributed by atoms with E-state index >= 15 is 0 Å². The molecule has 0 saturated carbocycles. The van der Waals surface area contributed by atoms with Gasteiger partial charge in [0.25, 0.3) is 0 Å². The number of ether oxygens (including phenoxy) is 2. The second kappa shape index (κ2) is 6.89. The van der Waals surface area contributed by atoms with E-state index < -0.39 is 0 Å². The van der Waals surface area contributed by atoms with Gasteiger partial charge >= 0.3 is 5.97 Å². The number of halogens is 1. The summed E-state index contributed by atoms with van der Waals surface area (Å²) in [6.45, 7) is 3.07. The monoisotopic (exact) mass is 283 g/mol. The second-order valence-corrected chi connectivity index (χ2v) is 5.07.